The Bertz CT molecular complexity index is 661. The summed E-state index contributed by atoms with van der Waals surface area (Å²) >= 11 is 0. The Hall–Kier alpha value is -2.34. The SMILES string of the molecule is CC(O)(CNC(=O)c1cccnc1N1CCCC1)c1ccco1. The van der Waals surface area contributed by atoms with Gasteiger partial charge in [0.25, 0.3) is 5.91 Å². The molecule has 1 aliphatic rings. The van der Waals surface area contributed by atoms with Gasteiger partial charge in [-0.25, -0.2) is 4.98 Å². The van der Waals surface area contributed by atoms with Crippen LogP contribution >= 0.6 is 0 Å². The molecule has 0 bridgehead atoms. The van der Waals surface area contributed by atoms with Crippen LogP contribution in [-0.2, 0) is 5.60 Å². The predicted octanol–water partition coefficient (Wildman–Crippen LogP) is 1.91. The molecule has 3 rings (SSSR count). The quantitative estimate of drug-likeness (QED) is 0.881. The number of nitrogens with one attached hydrogen (secondary N) is 1. The predicted molar refractivity (Wildman–Crippen MR) is 86.3 cm³/mol. The lowest BCUT2D eigenvalue weighted by molar-refractivity contribution is 0.0330. The van der Waals surface area contributed by atoms with Crippen LogP contribution in [0.5, 0.6) is 0 Å². The number of aliphatic hydroxyl groups is 1. The van der Waals surface area contributed by atoms with E-state index in [1.165, 1.54) is 6.26 Å². The fourth-order valence-corrected chi connectivity index (χ4v) is 2.77. The average Bonchev–Trinajstić information content (AvgIpc) is 3.25. The first-order valence-corrected chi connectivity index (χ1v) is 7.82. The van der Waals surface area contributed by atoms with Crippen LogP contribution in [0, 0.1) is 0 Å². The third-order valence-electron chi connectivity index (χ3n) is 4.08. The molecular formula is C17H21N3O3. The molecular weight excluding hydrogens is 294 g/mol. The van der Waals surface area contributed by atoms with Crippen LogP contribution in [0.15, 0.2) is 41.1 Å². The molecule has 23 heavy (non-hydrogen) atoms. The summed E-state index contributed by atoms with van der Waals surface area (Å²) in [5.41, 5.74) is -0.723. The van der Waals surface area contributed by atoms with Crippen LogP contribution in [0.2, 0.25) is 0 Å². The van der Waals surface area contributed by atoms with Crippen molar-refractivity contribution in [3.8, 4) is 0 Å². The topological polar surface area (TPSA) is 78.6 Å². The van der Waals surface area contributed by atoms with Gasteiger partial charge in [0.2, 0.25) is 0 Å². The summed E-state index contributed by atoms with van der Waals surface area (Å²) in [6.07, 6.45) is 5.43. The number of carbonyl (C=O) groups is 1. The summed E-state index contributed by atoms with van der Waals surface area (Å²) in [6.45, 7) is 3.51. The van der Waals surface area contributed by atoms with Crippen LogP contribution in [0.4, 0.5) is 5.82 Å². The number of carbonyl (C=O) groups excluding carboxylic acids is 1. The number of aromatic nitrogens is 1. The number of anilines is 1. The molecule has 6 nitrogen and oxygen atoms in total. The van der Waals surface area contributed by atoms with Crippen LogP contribution in [0.1, 0.15) is 35.9 Å². The highest BCUT2D eigenvalue weighted by atomic mass is 16.4. The Morgan fingerprint density at radius 3 is 2.87 bits per heavy atom. The van der Waals surface area contributed by atoms with E-state index in [-0.39, 0.29) is 12.5 Å². The van der Waals surface area contributed by atoms with E-state index in [1.54, 1.807) is 37.4 Å². The van der Waals surface area contributed by atoms with Crippen molar-refractivity contribution in [3.05, 3.63) is 48.0 Å². The molecule has 2 aromatic rings. The van der Waals surface area contributed by atoms with Gasteiger partial charge in [-0.15, -0.1) is 0 Å². The molecule has 3 heterocycles. The van der Waals surface area contributed by atoms with Crippen molar-refractivity contribution in [1.82, 2.24) is 10.3 Å². The number of rotatable bonds is 5. The van der Waals surface area contributed by atoms with Gasteiger partial charge < -0.3 is 19.7 Å². The normalized spacial score (nSPS) is 17.0. The summed E-state index contributed by atoms with van der Waals surface area (Å²) in [5, 5.41) is 13.2. The Morgan fingerprint density at radius 2 is 2.17 bits per heavy atom. The molecule has 1 unspecified atom stereocenters. The largest absolute Gasteiger partial charge is 0.466 e. The number of nitrogens with zero attached hydrogens (tertiary/aromatic N) is 2. The summed E-state index contributed by atoms with van der Waals surface area (Å²) < 4.78 is 5.22. The Kier molecular flexibility index (Phi) is 4.34. The molecule has 1 saturated heterocycles. The van der Waals surface area contributed by atoms with Gasteiger partial charge >= 0.3 is 0 Å². The molecule has 122 valence electrons. The summed E-state index contributed by atoms with van der Waals surface area (Å²) in [4.78, 5) is 19.0. The molecule has 1 aliphatic heterocycles. The Labute approximate surface area is 135 Å². The van der Waals surface area contributed by atoms with Gasteiger partial charge in [-0.3, -0.25) is 4.79 Å². The first kappa shape index (κ1) is 15.6. The molecule has 0 spiro atoms. The second-order valence-electron chi connectivity index (χ2n) is 6.00. The molecule has 1 atom stereocenters. The lowest BCUT2D eigenvalue weighted by atomic mass is 10.0. The van der Waals surface area contributed by atoms with E-state index in [0.717, 1.165) is 25.9 Å². The second-order valence-corrected chi connectivity index (χ2v) is 6.00. The summed E-state index contributed by atoms with van der Waals surface area (Å²) in [7, 11) is 0. The Morgan fingerprint density at radius 1 is 1.39 bits per heavy atom. The van der Waals surface area contributed by atoms with E-state index in [4.69, 9.17) is 4.42 Å². The van der Waals surface area contributed by atoms with Crippen LogP contribution in [-0.4, -0.2) is 35.6 Å². The van der Waals surface area contributed by atoms with Crippen molar-refractivity contribution in [2.45, 2.75) is 25.4 Å². The van der Waals surface area contributed by atoms with Crippen molar-refractivity contribution < 1.29 is 14.3 Å². The van der Waals surface area contributed by atoms with E-state index < -0.39 is 5.60 Å². The van der Waals surface area contributed by atoms with Crippen molar-refractivity contribution in [3.63, 3.8) is 0 Å². The number of hydrogen-bond donors (Lipinski definition) is 2. The lowest BCUT2D eigenvalue weighted by Crippen LogP contribution is -2.39. The molecule has 2 N–H and O–H groups in total. The van der Waals surface area contributed by atoms with Crippen molar-refractivity contribution in [1.29, 1.82) is 0 Å². The number of furan rings is 1. The van der Waals surface area contributed by atoms with Gasteiger partial charge in [0.05, 0.1) is 18.4 Å². The zero-order chi connectivity index (χ0) is 16.3. The molecule has 1 amide bonds. The van der Waals surface area contributed by atoms with Crippen molar-refractivity contribution in [2.75, 3.05) is 24.5 Å². The van der Waals surface area contributed by atoms with Gasteiger partial charge in [-0.1, -0.05) is 0 Å². The molecule has 0 radical (unpaired) electrons. The zero-order valence-corrected chi connectivity index (χ0v) is 13.2. The van der Waals surface area contributed by atoms with Gasteiger partial charge in [0, 0.05) is 19.3 Å². The zero-order valence-electron chi connectivity index (χ0n) is 13.2. The van der Waals surface area contributed by atoms with E-state index in [2.05, 4.69) is 15.2 Å². The van der Waals surface area contributed by atoms with E-state index in [0.29, 0.717) is 17.1 Å². The minimum atomic E-state index is -1.25. The third-order valence-corrected chi connectivity index (χ3v) is 4.08. The monoisotopic (exact) mass is 315 g/mol. The fraction of sp³-hybridized carbons (Fsp3) is 0.412. The van der Waals surface area contributed by atoms with Crippen LogP contribution < -0.4 is 10.2 Å². The fourth-order valence-electron chi connectivity index (χ4n) is 2.77. The van der Waals surface area contributed by atoms with Gasteiger partial charge in [-0.2, -0.15) is 0 Å². The van der Waals surface area contributed by atoms with E-state index >= 15 is 0 Å². The molecule has 0 aliphatic carbocycles. The number of hydrogen-bond acceptors (Lipinski definition) is 5. The third kappa shape index (κ3) is 3.37. The smallest absolute Gasteiger partial charge is 0.255 e. The lowest BCUT2D eigenvalue weighted by Gasteiger charge is -2.23. The minimum Gasteiger partial charge on any atom is -0.466 e. The van der Waals surface area contributed by atoms with Gasteiger partial charge in [-0.05, 0) is 44.0 Å². The Balaban J connectivity index is 1.71. The number of pyridine rings is 1. The molecule has 2 aromatic heterocycles. The molecule has 1 fully saturated rings. The van der Waals surface area contributed by atoms with Crippen LogP contribution in [0.3, 0.4) is 0 Å². The van der Waals surface area contributed by atoms with E-state index in [9.17, 15) is 9.90 Å². The first-order chi connectivity index (χ1) is 11.1. The van der Waals surface area contributed by atoms with Crippen molar-refractivity contribution >= 4 is 11.7 Å². The maximum Gasteiger partial charge on any atom is 0.255 e. The second kappa shape index (κ2) is 6.42. The molecule has 6 heteroatoms. The molecule has 0 aromatic carbocycles. The van der Waals surface area contributed by atoms with Gasteiger partial charge in [0.1, 0.15) is 17.2 Å². The highest BCUT2D eigenvalue weighted by Crippen LogP contribution is 2.23. The van der Waals surface area contributed by atoms with Gasteiger partial charge in [0.15, 0.2) is 0 Å². The standard InChI is InChI=1S/C17H21N3O3/c1-17(22,14-7-5-11-23-14)12-19-16(21)13-6-4-8-18-15(13)20-9-2-3-10-20/h4-8,11,22H,2-3,9-10,12H2,1H3,(H,19,21). The van der Waals surface area contributed by atoms with Crippen LogP contribution in [0.25, 0.3) is 0 Å². The summed E-state index contributed by atoms with van der Waals surface area (Å²) in [5.74, 6) is 0.885. The average molecular weight is 315 g/mol. The maximum absolute atomic E-state index is 12.5. The van der Waals surface area contributed by atoms with Crippen molar-refractivity contribution in [2.24, 2.45) is 0 Å². The minimum absolute atomic E-state index is 0.0632. The highest BCUT2D eigenvalue weighted by Gasteiger charge is 2.28. The molecule has 0 saturated carbocycles. The highest BCUT2D eigenvalue weighted by molar-refractivity contribution is 5.98. The number of amides is 1. The van der Waals surface area contributed by atoms with E-state index in [1.807, 2.05) is 0 Å². The first-order valence-electron chi connectivity index (χ1n) is 7.82. The summed E-state index contributed by atoms with van der Waals surface area (Å²) in [6, 6.07) is 6.90. The maximum atomic E-state index is 12.5.